The summed E-state index contributed by atoms with van der Waals surface area (Å²) in [5.41, 5.74) is 7.25. The molecule has 1 aromatic carbocycles. The van der Waals surface area contributed by atoms with Crippen molar-refractivity contribution in [2.75, 3.05) is 44.2 Å². The van der Waals surface area contributed by atoms with Crippen molar-refractivity contribution in [3.05, 3.63) is 54.4 Å². The normalized spacial score (nSPS) is 14.4. The average molecular weight is 340 g/mol. The second-order valence-corrected chi connectivity index (χ2v) is 6.01. The highest BCUT2D eigenvalue weighted by atomic mass is 16.5. The van der Waals surface area contributed by atoms with E-state index >= 15 is 0 Å². The van der Waals surface area contributed by atoms with Crippen molar-refractivity contribution in [1.29, 1.82) is 0 Å². The first-order chi connectivity index (χ1) is 12.3. The quantitative estimate of drug-likeness (QED) is 0.812. The molecule has 0 aliphatic carbocycles. The number of rotatable bonds is 6. The SMILES string of the molecule is NCCCOc1ccc(C(=O)N2CCN(c3cccnc3)CC2)cc1. The molecule has 0 saturated carbocycles. The number of piperazine rings is 1. The highest BCUT2D eigenvalue weighted by Gasteiger charge is 2.22. The minimum absolute atomic E-state index is 0.0688. The van der Waals surface area contributed by atoms with E-state index in [1.165, 1.54) is 0 Å². The lowest BCUT2D eigenvalue weighted by atomic mass is 10.1. The number of carbonyl (C=O) groups excluding carboxylic acids is 1. The molecule has 1 fully saturated rings. The van der Waals surface area contributed by atoms with Crippen LogP contribution < -0.4 is 15.4 Å². The molecule has 1 aliphatic heterocycles. The van der Waals surface area contributed by atoms with Crippen molar-refractivity contribution in [2.45, 2.75) is 6.42 Å². The van der Waals surface area contributed by atoms with Gasteiger partial charge in [0, 0.05) is 37.9 Å². The van der Waals surface area contributed by atoms with Crippen molar-refractivity contribution in [3.63, 3.8) is 0 Å². The summed E-state index contributed by atoms with van der Waals surface area (Å²) in [5.74, 6) is 0.839. The average Bonchev–Trinajstić information content (AvgIpc) is 2.69. The molecule has 25 heavy (non-hydrogen) atoms. The lowest BCUT2D eigenvalue weighted by molar-refractivity contribution is 0.0746. The van der Waals surface area contributed by atoms with Gasteiger partial charge in [-0.2, -0.15) is 0 Å². The van der Waals surface area contributed by atoms with Crippen LogP contribution in [0.2, 0.25) is 0 Å². The minimum Gasteiger partial charge on any atom is -0.494 e. The zero-order valence-electron chi connectivity index (χ0n) is 14.3. The molecule has 132 valence electrons. The minimum atomic E-state index is 0.0688. The molecule has 0 bridgehead atoms. The third-order valence-electron chi connectivity index (χ3n) is 4.30. The van der Waals surface area contributed by atoms with Gasteiger partial charge in [0.15, 0.2) is 0 Å². The van der Waals surface area contributed by atoms with Gasteiger partial charge in [-0.15, -0.1) is 0 Å². The summed E-state index contributed by atoms with van der Waals surface area (Å²) in [6.45, 7) is 4.27. The van der Waals surface area contributed by atoms with Gasteiger partial charge in [0.25, 0.3) is 5.91 Å². The van der Waals surface area contributed by atoms with Gasteiger partial charge in [-0.05, 0) is 49.4 Å². The maximum Gasteiger partial charge on any atom is 0.253 e. The Morgan fingerprint density at radius 1 is 1.12 bits per heavy atom. The Bertz CT molecular complexity index is 668. The van der Waals surface area contributed by atoms with Crippen molar-refractivity contribution >= 4 is 11.6 Å². The molecule has 3 rings (SSSR count). The Labute approximate surface area is 148 Å². The Hall–Kier alpha value is -2.60. The molecular weight excluding hydrogens is 316 g/mol. The first-order valence-corrected chi connectivity index (χ1v) is 8.65. The maximum atomic E-state index is 12.7. The monoisotopic (exact) mass is 340 g/mol. The molecule has 0 atom stereocenters. The summed E-state index contributed by atoms with van der Waals surface area (Å²) >= 11 is 0. The second-order valence-electron chi connectivity index (χ2n) is 6.01. The Morgan fingerprint density at radius 2 is 1.88 bits per heavy atom. The standard InChI is InChI=1S/C19H24N4O2/c20-8-2-14-25-18-6-4-16(5-7-18)19(24)23-12-10-22(11-13-23)17-3-1-9-21-15-17/h1,3-7,9,15H,2,8,10-14,20H2. The van der Waals surface area contributed by atoms with E-state index in [1.54, 1.807) is 6.20 Å². The highest BCUT2D eigenvalue weighted by Crippen LogP contribution is 2.17. The van der Waals surface area contributed by atoms with Crippen LogP contribution in [0.4, 0.5) is 5.69 Å². The van der Waals surface area contributed by atoms with Gasteiger partial charge in [0.1, 0.15) is 5.75 Å². The highest BCUT2D eigenvalue weighted by molar-refractivity contribution is 5.94. The van der Waals surface area contributed by atoms with Gasteiger partial charge in [-0.25, -0.2) is 0 Å². The van der Waals surface area contributed by atoms with Gasteiger partial charge in [0.05, 0.1) is 18.5 Å². The van der Waals surface area contributed by atoms with E-state index in [2.05, 4.69) is 9.88 Å². The second kappa shape index (κ2) is 8.48. The van der Waals surface area contributed by atoms with Crippen LogP contribution in [0.25, 0.3) is 0 Å². The van der Waals surface area contributed by atoms with Gasteiger partial charge in [-0.1, -0.05) is 0 Å². The number of benzene rings is 1. The van der Waals surface area contributed by atoms with Crippen molar-refractivity contribution in [1.82, 2.24) is 9.88 Å². The number of ether oxygens (including phenoxy) is 1. The molecule has 1 aliphatic rings. The third kappa shape index (κ3) is 4.48. The maximum absolute atomic E-state index is 12.7. The number of pyridine rings is 1. The molecule has 0 spiro atoms. The fourth-order valence-corrected chi connectivity index (χ4v) is 2.86. The molecule has 2 N–H and O–H groups in total. The lowest BCUT2D eigenvalue weighted by Gasteiger charge is -2.36. The topological polar surface area (TPSA) is 71.7 Å². The summed E-state index contributed by atoms with van der Waals surface area (Å²) in [4.78, 5) is 21.0. The number of anilines is 1. The number of nitrogens with zero attached hydrogens (tertiary/aromatic N) is 3. The van der Waals surface area contributed by atoms with Crippen molar-refractivity contribution in [3.8, 4) is 5.75 Å². The molecule has 2 aromatic rings. The van der Waals surface area contributed by atoms with Gasteiger partial charge >= 0.3 is 0 Å². The van der Waals surface area contributed by atoms with E-state index in [9.17, 15) is 4.79 Å². The molecule has 6 nitrogen and oxygen atoms in total. The molecule has 2 heterocycles. The molecular formula is C19H24N4O2. The number of hydrogen-bond donors (Lipinski definition) is 1. The largest absolute Gasteiger partial charge is 0.494 e. The van der Waals surface area contributed by atoms with Crippen molar-refractivity contribution in [2.24, 2.45) is 5.73 Å². The summed E-state index contributed by atoms with van der Waals surface area (Å²) < 4.78 is 5.57. The van der Waals surface area contributed by atoms with Crippen LogP contribution in [-0.2, 0) is 0 Å². The zero-order valence-corrected chi connectivity index (χ0v) is 14.3. The van der Waals surface area contributed by atoms with Gasteiger partial charge in [0.2, 0.25) is 0 Å². The molecule has 1 saturated heterocycles. The van der Waals surface area contributed by atoms with Gasteiger partial charge in [-0.3, -0.25) is 9.78 Å². The summed E-state index contributed by atoms with van der Waals surface area (Å²) in [6.07, 6.45) is 4.45. The van der Waals surface area contributed by atoms with Crippen LogP contribution in [0.15, 0.2) is 48.8 Å². The predicted molar refractivity (Wildman–Crippen MR) is 98.0 cm³/mol. The van der Waals surface area contributed by atoms with E-state index in [1.807, 2.05) is 47.5 Å². The number of aromatic nitrogens is 1. The van der Waals surface area contributed by atoms with E-state index in [0.29, 0.717) is 31.8 Å². The smallest absolute Gasteiger partial charge is 0.253 e. The summed E-state index contributed by atoms with van der Waals surface area (Å²) in [5, 5.41) is 0. The van der Waals surface area contributed by atoms with Gasteiger partial charge < -0.3 is 20.3 Å². The van der Waals surface area contributed by atoms with Crippen LogP contribution >= 0.6 is 0 Å². The van der Waals surface area contributed by atoms with Crippen molar-refractivity contribution < 1.29 is 9.53 Å². The zero-order chi connectivity index (χ0) is 17.5. The van der Waals surface area contributed by atoms with E-state index < -0.39 is 0 Å². The van der Waals surface area contributed by atoms with E-state index in [4.69, 9.17) is 10.5 Å². The molecule has 1 aromatic heterocycles. The van der Waals surface area contributed by atoms with Crippen LogP contribution in [0.3, 0.4) is 0 Å². The molecule has 0 radical (unpaired) electrons. The third-order valence-corrected chi connectivity index (χ3v) is 4.30. The predicted octanol–water partition coefficient (Wildman–Crippen LogP) is 1.77. The fraction of sp³-hybridized carbons (Fsp3) is 0.368. The Morgan fingerprint density at radius 3 is 2.52 bits per heavy atom. The first kappa shape index (κ1) is 17.2. The van der Waals surface area contributed by atoms with Crippen LogP contribution in [0.1, 0.15) is 16.8 Å². The van der Waals surface area contributed by atoms with Crippen LogP contribution in [0.5, 0.6) is 5.75 Å². The lowest BCUT2D eigenvalue weighted by Crippen LogP contribution is -2.48. The molecule has 0 unspecified atom stereocenters. The Balaban J connectivity index is 1.53. The summed E-state index contributed by atoms with van der Waals surface area (Å²) in [7, 11) is 0. The van der Waals surface area contributed by atoms with Crippen LogP contribution in [-0.4, -0.2) is 55.1 Å². The van der Waals surface area contributed by atoms with E-state index in [0.717, 1.165) is 30.9 Å². The number of hydrogen-bond acceptors (Lipinski definition) is 5. The number of amides is 1. The van der Waals surface area contributed by atoms with E-state index in [-0.39, 0.29) is 5.91 Å². The fourth-order valence-electron chi connectivity index (χ4n) is 2.86. The number of carbonyl (C=O) groups is 1. The molecule has 1 amide bonds. The first-order valence-electron chi connectivity index (χ1n) is 8.65. The summed E-state index contributed by atoms with van der Waals surface area (Å²) in [6, 6.07) is 11.3. The van der Waals surface area contributed by atoms with Crippen LogP contribution in [0, 0.1) is 0 Å². The molecule has 6 heteroatoms. The number of nitrogens with two attached hydrogens (primary N) is 1. The Kier molecular flexibility index (Phi) is 5.85.